The first kappa shape index (κ1) is 17.9. The lowest BCUT2D eigenvalue weighted by atomic mass is 9.68. The Hall–Kier alpha value is -1.93. The molecule has 1 fully saturated rings. The smallest absolute Gasteiger partial charge is 0.148 e. The first-order valence-electron chi connectivity index (χ1n) is 8.60. The summed E-state index contributed by atoms with van der Waals surface area (Å²) in [5.74, 6) is -0.509. The van der Waals surface area contributed by atoms with Gasteiger partial charge in [-0.25, -0.2) is 0 Å². The zero-order chi connectivity index (χ0) is 18.4. The predicted molar refractivity (Wildman–Crippen MR) is 102 cm³/mol. The number of benzene rings is 2. The Kier molecular flexibility index (Phi) is 4.59. The van der Waals surface area contributed by atoms with Crippen LogP contribution in [-0.2, 0) is 9.59 Å². The summed E-state index contributed by atoms with van der Waals surface area (Å²) < 4.78 is 0. The molecule has 3 heteroatoms. The molecule has 1 aliphatic rings. The zero-order valence-corrected chi connectivity index (χ0v) is 15.9. The number of carbonyl (C=O) groups is 2. The van der Waals surface area contributed by atoms with Crippen LogP contribution in [0.15, 0.2) is 36.4 Å². The van der Waals surface area contributed by atoms with Crippen LogP contribution in [0.2, 0.25) is 5.02 Å². The lowest BCUT2D eigenvalue weighted by Gasteiger charge is -2.33. The number of Topliss-reactive ketones (excluding diaryl/α,β-unsaturated/α-hetero) is 2. The minimum absolute atomic E-state index is 0.0479. The zero-order valence-electron chi connectivity index (χ0n) is 15.2. The molecule has 0 saturated heterocycles. The standard InChI is InChI=1S/C22H23ClO2/c1-13-9-16(15-5-7-17(23)8-6-15)10-14(2)20(13)21-18(24)11-22(3,4)12-19(21)25/h5-10,21H,11-12H2,1-4H3. The summed E-state index contributed by atoms with van der Waals surface area (Å²) in [7, 11) is 0. The molecule has 2 nitrogen and oxygen atoms in total. The molecule has 2 aromatic rings. The molecule has 1 aliphatic carbocycles. The van der Waals surface area contributed by atoms with Gasteiger partial charge < -0.3 is 0 Å². The number of hydrogen-bond donors (Lipinski definition) is 0. The van der Waals surface area contributed by atoms with Crippen molar-refractivity contribution in [2.75, 3.05) is 0 Å². The van der Waals surface area contributed by atoms with Crippen LogP contribution in [0, 0.1) is 19.3 Å². The summed E-state index contributed by atoms with van der Waals surface area (Å²) in [5.41, 5.74) is 4.81. The largest absolute Gasteiger partial charge is 0.299 e. The average molecular weight is 355 g/mol. The summed E-state index contributed by atoms with van der Waals surface area (Å²) in [6, 6.07) is 11.8. The van der Waals surface area contributed by atoms with Crippen LogP contribution in [0.4, 0.5) is 0 Å². The second kappa shape index (κ2) is 6.42. The van der Waals surface area contributed by atoms with E-state index < -0.39 is 5.92 Å². The Morgan fingerprint density at radius 2 is 1.36 bits per heavy atom. The van der Waals surface area contributed by atoms with Gasteiger partial charge in [0.15, 0.2) is 0 Å². The van der Waals surface area contributed by atoms with E-state index in [4.69, 9.17) is 11.6 Å². The molecule has 0 unspecified atom stereocenters. The molecule has 130 valence electrons. The van der Waals surface area contributed by atoms with E-state index >= 15 is 0 Å². The molecule has 3 rings (SSSR count). The number of carbonyl (C=O) groups excluding carboxylic acids is 2. The van der Waals surface area contributed by atoms with Crippen LogP contribution in [0.5, 0.6) is 0 Å². The van der Waals surface area contributed by atoms with E-state index in [1.165, 1.54) is 0 Å². The van der Waals surface area contributed by atoms with Gasteiger partial charge in [0, 0.05) is 17.9 Å². The van der Waals surface area contributed by atoms with E-state index in [1.54, 1.807) is 0 Å². The number of rotatable bonds is 2. The second-order valence-corrected chi connectivity index (χ2v) is 8.35. The van der Waals surface area contributed by atoms with Gasteiger partial charge in [0.1, 0.15) is 17.5 Å². The fraction of sp³-hybridized carbons (Fsp3) is 0.364. The normalized spacial score (nSPS) is 17.8. The van der Waals surface area contributed by atoms with E-state index in [-0.39, 0.29) is 17.0 Å². The predicted octanol–water partition coefficient (Wildman–Crippen LogP) is 5.67. The van der Waals surface area contributed by atoms with Gasteiger partial charge in [-0.15, -0.1) is 0 Å². The molecular formula is C22H23ClO2. The molecule has 0 radical (unpaired) electrons. The van der Waals surface area contributed by atoms with Crippen molar-refractivity contribution in [3.05, 3.63) is 58.1 Å². The monoisotopic (exact) mass is 354 g/mol. The Morgan fingerprint density at radius 1 is 0.880 bits per heavy atom. The number of halogens is 1. The summed E-state index contributed by atoms with van der Waals surface area (Å²) in [6.07, 6.45) is 0.919. The Labute approximate surface area is 154 Å². The topological polar surface area (TPSA) is 34.1 Å². The van der Waals surface area contributed by atoms with Crippen LogP contribution in [0.1, 0.15) is 49.3 Å². The summed E-state index contributed by atoms with van der Waals surface area (Å²) >= 11 is 5.97. The molecule has 0 aromatic heterocycles. The number of ketones is 2. The minimum Gasteiger partial charge on any atom is -0.299 e. The lowest BCUT2D eigenvalue weighted by molar-refractivity contribution is -0.135. The minimum atomic E-state index is -0.604. The molecule has 2 aromatic carbocycles. The summed E-state index contributed by atoms with van der Waals surface area (Å²) in [6.45, 7) is 7.95. The third kappa shape index (κ3) is 3.55. The second-order valence-electron chi connectivity index (χ2n) is 7.91. The Morgan fingerprint density at radius 3 is 1.84 bits per heavy atom. The molecule has 0 N–H and O–H groups in total. The highest BCUT2D eigenvalue weighted by Crippen LogP contribution is 2.40. The van der Waals surface area contributed by atoms with Gasteiger partial charge in [0.2, 0.25) is 0 Å². The maximum absolute atomic E-state index is 12.7. The first-order chi connectivity index (χ1) is 11.7. The van der Waals surface area contributed by atoms with Crippen molar-refractivity contribution >= 4 is 23.2 Å². The van der Waals surface area contributed by atoms with E-state index in [0.29, 0.717) is 17.9 Å². The van der Waals surface area contributed by atoms with Crippen LogP contribution < -0.4 is 0 Å². The molecule has 0 aliphatic heterocycles. The van der Waals surface area contributed by atoms with Gasteiger partial charge in [0.05, 0.1) is 0 Å². The fourth-order valence-electron chi connectivity index (χ4n) is 3.95. The lowest BCUT2D eigenvalue weighted by Crippen LogP contribution is -2.36. The van der Waals surface area contributed by atoms with Crippen molar-refractivity contribution in [2.24, 2.45) is 5.41 Å². The van der Waals surface area contributed by atoms with Crippen molar-refractivity contribution in [1.82, 2.24) is 0 Å². The van der Waals surface area contributed by atoms with Gasteiger partial charge in [-0.3, -0.25) is 9.59 Å². The highest BCUT2D eigenvalue weighted by Gasteiger charge is 2.41. The van der Waals surface area contributed by atoms with Crippen molar-refractivity contribution in [3.8, 4) is 11.1 Å². The van der Waals surface area contributed by atoms with Crippen LogP contribution in [0.3, 0.4) is 0 Å². The average Bonchev–Trinajstić information content (AvgIpc) is 2.48. The summed E-state index contributed by atoms with van der Waals surface area (Å²) in [4.78, 5) is 25.4. The molecule has 0 amide bonds. The molecule has 25 heavy (non-hydrogen) atoms. The highest BCUT2D eigenvalue weighted by atomic mass is 35.5. The highest BCUT2D eigenvalue weighted by molar-refractivity contribution is 6.30. The van der Waals surface area contributed by atoms with E-state index in [0.717, 1.165) is 27.8 Å². The molecule has 0 atom stereocenters. The molecule has 0 spiro atoms. The molecule has 0 heterocycles. The van der Waals surface area contributed by atoms with Crippen molar-refractivity contribution in [3.63, 3.8) is 0 Å². The quantitative estimate of drug-likeness (QED) is 0.651. The maximum Gasteiger partial charge on any atom is 0.148 e. The van der Waals surface area contributed by atoms with Crippen LogP contribution in [-0.4, -0.2) is 11.6 Å². The van der Waals surface area contributed by atoms with Gasteiger partial charge in [-0.2, -0.15) is 0 Å². The Balaban J connectivity index is 2.02. The van der Waals surface area contributed by atoms with E-state index in [9.17, 15) is 9.59 Å². The van der Waals surface area contributed by atoms with Gasteiger partial charge >= 0.3 is 0 Å². The van der Waals surface area contributed by atoms with Crippen molar-refractivity contribution in [1.29, 1.82) is 0 Å². The van der Waals surface area contributed by atoms with Gasteiger partial charge in [-0.05, 0) is 59.2 Å². The third-order valence-electron chi connectivity index (χ3n) is 5.01. The van der Waals surface area contributed by atoms with Gasteiger partial charge in [0.25, 0.3) is 0 Å². The summed E-state index contributed by atoms with van der Waals surface area (Å²) in [5, 5.41) is 0.704. The van der Waals surface area contributed by atoms with E-state index in [2.05, 4.69) is 12.1 Å². The first-order valence-corrected chi connectivity index (χ1v) is 8.98. The molecule has 1 saturated carbocycles. The third-order valence-corrected chi connectivity index (χ3v) is 5.26. The van der Waals surface area contributed by atoms with E-state index in [1.807, 2.05) is 52.0 Å². The van der Waals surface area contributed by atoms with Gasteiger partial charge in [-0.1, -0.05) is 49.7 Å². The van der Waals surface area contributed by atoms with Crippen molar-refractivity contribution < 1.29 is 9.59 Å². The SMILES string of the molecule is Cc1cc(-c2ccc(Cl)cc2)cc(C)c1C1C(=O)CC(C)(C)CC1=O. The van der Waals surface area contributed by atoms with Crippen LogP contribution in [0.25, 0.3) is 11.1 Å². The molecule has 0 bridgehead atoms. The van der Waals surface area contributed by atoms with Crippen LogP contribution >= 0.6 is 11.6 Å². The Bertz CT molecular complexity index is 804. The number of hydrogen-bond acceptors (Lipinski definition) is 2. The number of aryl methyl sites for hydroxylation is 2. The maximum atomic E-state index is 12.7. The fourth-order valence-corrected chi connectivity index (χ4v) is 4.08. The molecular weight excluding hydrogens is 332 g/mol. The van der Waals surface area contributed by atoms with Crippen molar-refractivity contribution in [2.45, 2.75) is 46.5 Å².